The van der Waals surface area contributed by atoms with Crippen LogP contribution < -0.4 is 10.1 Å². The fourth-order valence-electron chi connectivity index (χ4n) is 3.25. The van der Waals surface area contributed by atoms with Crippen LogP contribution in [-0.4, -0.2) is 38.2 Å². The number of hydrogen-bond donors (Lipinski definition) is 1. The summed E-state index contributed by atoms with van der Waals surface area (Å²) in [5, 5.41) is 3.53. The highest BCUT2D eigenvalue weighted by atomic mass is 16.5. The molecule has 3 nitrogen and oxygen atoms in total. The van der Waals surface area contributed by atoms with Crippen LogP contribution in [0.4, 0.5) is 0 Å². The third-order valence-corrected chi connectivity index (χ3v) is 4.53. The van der Waals surface area contributed by atoms with Crippen LogP contribution in [0.1, 0.15) is 44.7 Å². The molecule has 3 heteroatoms. The summed E-state index contributed by atoms with van der Waals surface area (Å²) in [5.41, 5.74) is 1.35. The third kappa shape index (κ3) is 4.72. The first-order chi connectivity index (χ1) is 10.2. The van der Waals surface area contributed by atoms with Crippen LogP contribution in [0.3, 0.4) is 0 Å². The van der Waals surface area contributed by atoms with E-state index in [1.165, 1.54) is 44.5 Å². The minimum Gasteiger partial charge on any atom is -0.497 e. The highest BCUT2D eigenvalue weighted by Gasteiger charge is 2.21. The molecule has 0 radical (unpaired) electrons. The summed E-state index contributed by atoms with van der Waals surface area (Å²) in [6, 6.07) is 8.95. The van der Waals surface area contributed by atoms with E-state index in [0.717, 1.165) is 18.2 Å². The second kappa shape index (κ2) is 8.40. The number of piperidine rings is 1. The molecule has 0 aliphatic carbocycles. The number of nitrogens with one attached hydrogen (secondary N) is 1. The molecule has 1 fully saturated rings. The lowest BCUT2D eigenvalue weighted by atomic mass is 9.97. The summed E-state index contributed by atoms with van der Waals surface area (Å²) in [6.45, 7) is 9.31. The Morgan fingerprint density at radius 3 is 2.95 bits per heavy atom. The van der Waals surface area contributed by atoms with E-state index < -0.39 is 0 Å². The van der Waals surface area contributed by atoms with Crippen LogP contribution >= 0.6 is 0 Å². The van der Waals surface area contributed by atoms with E-state index in [9.17, 15) is 0 Å². The van der Waals surface area contributed by atoms with Crippen LogP contribution in [0.5, 0.6) is 5.75 Å². The summed E-state index contributed by atoms with van der Waals surface area (Å²) in [5.74, 6) is 1.74. The van der Waals surface area contributed by atoms with Gasteiger partial charge in [0.2, 0.25) is 0 Å². The van der Waals surface area contributed by atoms with Crippen molar-refractivity contribution >= 4 is 0 Å². The van der Waals surface area contributed by atoms with Gasteiger partial charge in [0.1, 0.15) is 5.75 Å². The van der Waals surface area contributed by atoms with Gasteiger partial charge in [0, 0.05) is 12.6 Å². The van der Waals surface area contributed by atoms with Crippen LogP contribution in [0.15, 0.2) is 24.3 Å². The van der Waals surface area contributed by atoms with Gasteiger partial charge in [-0.1, -0.05) is 19.1 Å². The Morgan fingerprint density at radius 1 is 1.43 bits per heavy atom. The molecule has 2 unspecified atom stereocenters. The molecule has 0 spiro atoms. The maximum absolute atomic E-state index is 5.37. The van der Waals surface area contributed by atoms with E-state index in [2.05, 4.69) is 42.3 Å². The molecule has 0 saturated carbocycles. The Kier molecular flexibility index (Phi) is 6.52. The first kappa shape index (κ1) is 16.3. The van der Waals surface area contributed by atoms with Crippen molar-refractivity contribution in [3.63, 3.8) is 0 Å². The van der Waals surface area contributed by atoms with Crippen molar-refractivity contribution in [2.75, 3.05) is 33.3 Å². The van der Waals surface area contributed by atoms with Gasteiger partial charge in [0.05, 0.1) is 7.11 Å². The summed E-state index contributed by atoms with van der Waals surface area (Å²) in [7, 11) is 1.74. The molecule has 2 rings (SSSR count). The quantitative estimate of drug-likeness (QED) is 0.832. The maximum atomic E-state index is 5.37. The molecule has 1 aliphatic rings. The van der Waals surface area contributed by atoms with Gasteiger partial charge in [-0.3, -0.25) is 4.90 Å². The van der Waals surface area contributed by atoms with Gasteiger partial charge in [0.25, 0.3) is 0 Å². The smallest absolute Gasteiger partial charge is 0.119 e. The SMILES string of the molecule is CCCN(CC1CCCNC1)C(C)c1cccc(OC)c1. The number of rotatable bonds is 7. The fourth-order valence-corrected chi connectivity index (χ4v) is 3.25. The lowest BCUT2D eigenvalue weighted by Gasteiger charge is -2.34. The molecule has 1 saturated heterocycles. The first-order valence-corrected chi connectivity index (χ1v) is 8.33. The lowest BCUT2D eigenvalue weighted by molar-refractivity contribution is 0.163. The molecule has 118 valence electrons. The Balaban J connectivity index is 2.04. The Morgan fingerprint density at radius 2 is 2.29 bits per heavy atom. The van der Waals surface area contributed by atoms with Crippen molar-refractivity contribution in [2.45, 2.75) is 39.2 Å². The molecule has 0 aromatic heterocycles. The van der Waals surface area contributed by atoms with Gasteiger partial charge < -0.3 is 10.1 Å². The average molecular weight is 290 g/mol. The number of nitrogens with zero attached hydrogens (tertiary/aromatic N) is 1. The Bertz CT molecular complexity index is 415. The number of methoxy groups -OCH3 is 1. The van der Waals surface area contributed by atoms with E-state index in [4.69, 9.17) is 4.74 Å². The fraction of sp³-hybridized carbons (Fsp3) is 0.667. The lowest BCUT2D eigenvalue weighted by Crippen LogP contribution is -2.39. The zero-order chi connectivity index (χ0) is 15.1. The van der Waals surface area contributed by atoms with Gasteiger partial charge in [-0.15, -0.1) is 0 Å². The molecule has 1 heterocycles. The van der Waals surface area contributed by atoms with E-state index in [1.54, 1.807) is 7.11 Å². The normalized spacial score (nSPS) is 20.5. The first-order valence-electron chi connectivity index (χ1n) is 8.33. The van der Waals surface area contributed by atoms with Crippen LogP contribution in [0.25, 0.3) is 0 Å². The van der Waals surface area contributed by atoms with E-state index in [1.807, 2.05) is 6.07 Å². The zero-order valence-corrected chi connectivity index (χ0v) is 13.8. The Hall–Kier alpha value is -1.06. The van der Waals surface area contributed by atoms with E-state index in [0.29, 0.717) is 6.04 Å². The molecule has 1 aliphatic heterocycles. The second-order valence-electron chi connectivity index (χ2n) is 6.16. The minimum absolute atomic E-state index is 0.446. The second-order valence-corrected chi connectivity index (χ2v) is 6.16. The maximum Gasteiger partial charge on any atom is 0.119 e. The van der Waals surface area contributed by atoms with Crippen molar-refractivity contribution in [1.29, 1.82) is 0 Å². The number of hydrogen-bond acceptors (Lipinski definition) is 3. The van der Waals surface area contributed by atoms with Crippen LogP contribution in [-0.2, 0) is 0 Å². The predicted molar refractivity (Wildman–Crippen MR) is 88.9 cm³/mol. The van der Waals surface area contributed by atoms with Gasteiger partial charge >= 0.3 is 0 Å². The highest BCUT2D eigenvalue weighted by Crippen LogP contribution is 2.26. The van der Waals surface area contributed by atoms with E-state index >= 15 is 0 Å². The standard InChI is InChI=1S/C18H30N2O/c1-4-11-20(14-16-7-6-10-19-13-16)15(2)17-8-5-9-18(12-17)21-3/h5,8-9,12,15-16,19H,4,6-7,10-11,13-14H2,1-3H3. The number of ether oxygens (including phenoxy) is 1. The molecule has 21 heavy (non-hydrogen) atoms. The van der Waals surface area contributed by atoms with Crippen LogP contribution in [0, 0.1) is 5.92 Å². The van der Waals surface area contributed by atoms with Crippen LogP contribution in [0.2, 0.25) is 0 Å². The summed E-state index contributed by atoms with van der Waals surface area (Å²) in [6.07, 6.45) is 3.88. The van der Waals surface area contributed by atoms with Gasteiger partial charge in [-0.2, -0.15) is 0 Å². The number of benzene rings is 1. The summed E-state index contributed by atoms with van der Waals surface area (Å²) in [4.78, 5) is 2.63. The molecular weight excluding hydrogens is 260 g/mol. The molecule has 1 aromatic carbocycles. The molecule has 1 aromatic rings. The molecular formula is C18H30N2O. The minimum atomic E-state index is 0.446. The monoisotopic (exact) mass is 290 g/mol. The average Bonchev–Trinajstić information content (AvgIpc) is 2.55. The third-order valence-electron chi connectivity index (χ3n) is 4.53. The molecule has 1 N–H and O–H groups in total. The van der Waals surface area contributed by atoms with Crippen molar-refractivity contribution in [3.8, 4) is 5.75 Å². The molecule has 2 atom stereocenters. The van der Waals surface area contributed by atoms with Gasteiger partial charge in [-0.25, -0.2) is 0 Å². The zero-order valence-electron chi connectivity index (χ0n) is 13.8. The van der Waals surface area contributed by atoms with Crippen molar-refractivity contribution < 1.29 is 4.74 Å². The van der Waals surface area contributed by atoms with Gasteiger partial charge in [0.15, 0.2) is 0 Å². The summed E-state index contributed by atoms with van der Waals surface area (Å²) < 4.78 is 5.37. The highest BCUT2D eigenvalue weighted by molar-refractivity contribution is 5.30. The van der Waals surface area contributed by atoms with Crippen molar-refractivity contribution in [1.82, 2.24) is 10.2 Å². The molecule has 0 amide bonds. The summed E-state index contributed by atoms with van der Waals surface area (Å²) >= 11 is 0. The Labute approximate surface area is 129 Å². The van der Waals surface area contributed by atoms with E-state index in [-0.39, 0.29) is 0 Å². The largest absolute Gasteiger partial charge is 0.497 e. The molecule has 0 bridgehead atoms. The predicted octanol–water partition coefficient (Wildman–Crippen LogP) is 3.47. The van der Waals surface area contributed by atoms with Crippen molar-refractivity contribution in [3.05, 3.63) is 29.8 Å². The topological polar surface area (TPSA) is 24.5 Å². The van der Waals surface area contributed by atoms with Gasteiger partial charge in [-0.05, 0) is 69.4 Å². The van der Waals surface area contributed by atoms with Crippen molar-refractivity contribution in [2.24, 2.45) is 5.92 Å².